The van der Waals surface area contributed by atoms with E-state index in [1.807, 2.05) is 0 Å². The van der Waals surface area contributed by atoms with Gasteiger partial charge >= 0.3 is 5.69 Å². The summed E-state index contributed by atoms with van der Waals surface area (Å²) in [6.07, 6.45) is 5.55. The van der Waals surface area contributed by atoms with Crippen molar-refractivity contribution in [1.82, 2.24) is 24.8 Å². The van der Waals surface area contributed by atoms with Crippen LogP contribution < -0.4 is 22.3 Å². The van der Waals surface area contributed by atoms with Gasteiger partial charge in [-0.25, -0.2) is 9.78 Å². The van der Waals surface area contributed by atoms with Gasteiger partial charge in [0.25, 0.3) is 5.56 Å². The number of hydrogen-bond acceptors (Lipinski definition) is 8. The number of aromatic amines is 2. The second kappa shape index (κ2) is 10.6. The van der Waals surface area contributed by atoms with Gasteiger partial charge < -0.3 is 30.4 Å². The maximum atomic E-state index is 12.2. The van der Waals surface area contributed by atoms with Gasteiger partial charge in [0.05, 0.1) is 31.9 Å². The lowest BCUT2D eigenvalue weighted by molar-refractivity contribution is -0.122. The van der Waals surface area contributed by atoms with Crippen molar-refractivity contribution >= 4 is 21.4 Å². The smallest absolute Gasteiger partial charge is 0.330 e. The average molecular weight is 454 g/mol. The molecular formula is C18H25N6O6P. The van der Waals surface area contributed by atoms with Crippen LogP contribution in [0.4, 0.5) is 0 Å². The first kappa shape index (κ1) is 21.6. The monoisotopic (exact) mass is 454 g/mol. The number of nitrogens with two attached hydrogens (primary N) is 1. The topological polar surface area (TPSA) is 177 Å². The Labute approximate surface area is 180 Å². The van der Waals surface area contributed by atoms with Crippen LogP contribution in [0.1, 0.15) is 23.9 Å². The highest BCUT2D eigenvalue weighted by Gasteiger charge is 2.35. The minimum absolute atomic E-state index is 0.0344. The molecule has 2 aromatic heterocycles. The molecule has 1 saturated heterocycles. The Hall–Kier alpha value is -2.63. The third kappa shape index (κ3) is 5.96. The molecule has 5 unspecified atom stereocenters. The number of imidazole rings is 1. The van der Waals surface area contributed by atoms with Crippen LogP contribution in [0, 0.1) is 0 Å². The summed E-state index contributed by atoms with van der Waals surface area (Å²) in [7, 11) is -0.492. The van der Waals surface area contributed by atoms with Crippen molar-refractivity contribution in [3.8, 4) is 0 Å². The Balaban J connectivity index is 1.59. The minimum Gasteiger partial charge on any atom is -0.390 e. The van der Waals surface area contributed by atoms with Crippen molar-refractivity contribution in [3.63, 3.8) is 0 Å². The highest BCUT2D eigenvalue weighted by atomic mass is 31.0. The standard InChI is InChI=1S/C18H25N6O6P/c19-12(4-11-6-20-9-22-11)17(27)21-3-1-2-10-7-24(18(28)23-16(10)26)15-5-13(25)14(30-15)8-29-31/h1-2,6-7,9,12-15,25H,3-5,8,19,31H2,(H,20,22)(H,21,27)(H,23,26,28)/b2-1+/i31T. The minimum atomic E-state index is -0.865. The molecule has 3 rings (SSSR count). The molecule has 0 radical (unpaired) electrons. The van der Waals surface area contributed by atoms with Gasteiger partial charge in [-0.15, -0.1) is 0 Å². The lowest BCUT2D eigenvalue weighted by Gasteiger charge is -2.15. The fourth-order valence-electron chi connectivity index (χ4n) is 3.15. The molecule has 13 heteroatoms. The molecular weight excluding hydrogens is 427 g/mol. The summed E-state index contributed by atoms with van der Waals surface area (Å²) in [5.41, 5.74) is 5.49. The van der Waals surface area contributed by atoms with Crippen LogP contribution in [0.3, 0.4) is 0 Å². The lowest BCUT2D eigenvalue weighted by Crippen LogP contribution is -2.42. The zero-order chi connectivity index (χ0) is 23.1. The number of amides is 1. The van der Waals surface area contributed by atoms with Gasteiger partial charge in [-0.2, -0.15) is 0 Å². The maximum absolute atomic E-state index is 12.2. The van der Waals surface area contributed by atoms with Crippen LogP contribution in [0.2, 0.25) is 0 Å². The van der Waals surface area contributed by atoms with Crippen molar-refractivity contribution in [2.75, 3.05) is 13.2 Å². The molecule has 5 atom stereocenters. The first-order chi connectivity index (χ1) is 15.4. The predicted octanol–water partition coefficient (Wildman–Crippen LogP) is -1.59. The number of aliphatic hydroxyl groups excluding tert-OH is 1. The van der Waals surface area contributed by atoms with E-state index in [0.29, 0.717) is 6.42 Å². The molecule has 12 nitrogen and oxygen atoms in total. The van der Waals surface area contributed by atoms with E-state index in [1.54, 1.807) is 12.3 Å². The van der Waals surface area contributed by atoms with E-state index in [4.69, 9.17) is 16.3 Å². The normalized spacial score (nSPS) is 22.9. The first-order valence-electron chi connectivity index (χ1n) is 10.0. The average Bonchev–Trinajstić information content (AvgIpc) is 3.40. The zero-order valence-corrected chi connectivity index (χ0v) is 17.5. The third-order valence-corrected chi connectivity index (χ3v) is 4.95. The van der Waals surface area contributed by atoms with Crippen molar-refractivity contribution in [3.05, 3.63) is 56.9 Å². The van der Waals surface area contributed by atoms with E-state index in [9.17, 15) is 19.5 Å². The Kier molecular flexibility index (Phi) is 7.39. The van der Waals surface area contributed by atoms with Gasteiger partial charge in [0.15, 0.2) is 0 Å². The first-order valence-corrected chi connectivity index (χ1v) is 9.94. The number of ether oxygens (including phenoxy) is 1. The summed E-state index contributed by atoms with van der Waals surface area (Å²) in [5.74, 6) is -0.363. The largest absolute Gasteiger partial charge is 0.390 e. The number of aromatic nitrogens is 4. The van der Waals surface area contributed by atoms with Crippen LogP contribution in [0.5, 0.6) is 0 Å². The Morgan fingerprint density at radius 2 is 2.45 bits per heavy atom. The van der Waals surface area contributed by atoms with Gasteiger partial charge in [-0.05, 0) is 0 Å². The highest BCUT2D eigenvalue weighted by Crippen LogP contribution is 2.28. The van der Waals surface area contributed by atoms with E-state index in [2.05, 4.69) is 20.3 Å². The van der Waals surface area contributed by atoms with Gasteiger partial charge in [-0.1, -0.05) is 12.2 Å². The van der Waals surface area contributed by atoms with Gasteiger partial charge in [0, 0.05) is 46.9 Å². The summed E-state index contributed by atoms with van der Waals surface area (Å²) in [4.78, 5) is 45.4. The van der Waals surface area contributed by atoms with Gasteiger partial charge in [-0.3, -0.25) is 19.1 Å². The second-order valence-electron chi connectivity index (χ2n) is 7.03. The quantitative estimate of drug-likeness (QED) is 0.267. The molecule has 0 spiro atoms. The fraction of sp³-hybridized carbons (Fsp3) is 0.444. The number of carbonyl (C=O) groups excluding carboxylic acids is 1. The molecule has 0 aromatic carbocycles. The molecule has 1 aliphatic heterocycles. The number of nitrogens with zero attached hydrogens (tertiary/aromatic N) is 2. The molecule has 0 bridgehead atoms. The highest BCUT2D eigenvalue weighted by molar-refractivity contribution is 7.09. The number of nitrogens with one attached hydrogen (secondary N) is 3. The van der Waals surface area contributed by atoms with Crippen molar-refractivity contribution in [2.24, 2.45) is 5.73 Å². The number of aliphatic hydroxyl groups is 1. The molecule has 0 aliphatic carbocycles. The van der Waals surface area contributed by atoms with Crippen LogP contribution >= 0.6 is 9.41 Å². The Morgan fingerprint density at radius 1 is 1.61 bits per heavy atom. The number of carbonyl (C=O) groups is 1. The van der Waals surface area contributed by atoms with E-state index >= 15 is 0 Å². The summed E-state index contributed by atoms with van der Waals surface area (Å²) in [6, 6.07) is -0.757. The van der Waals surface area contributed by atoms with Crippen LogP contribution in [0.25, 0.3) is 6.08 Å². The molecule has 3 heterocycles. The maximum Gasteiger partial charge on any atom is 0.330 e. The van der Waals surface area contributed by atoms with Gasteiger partial charge in [0.1, 0.15) is 12.3 Å². The zero-order valence-electron chi connectivity index (χ0n) is 17.5. The fourth-order valence-corrected chi connectivity index (χ4v) is 3.32. The molecule has 1 fully saturated rings. The molecule has 0 saturated carbocycles. The Morgan fingerprint density at radius 3 is 3.19 bits per heavy atom. The van der Waals surface area contributed by atoms with E-state index in [1.165, 1.54) is 23.2 Å². The molecule has 31 heavy (non-hydrogen) atoms. The number of rotatable bonds is 10. The van der Waals surface area contributed by atoms with Crippen molar-refractivity contribution in [1.29, 1.82) is 1.28 Å². The number of H-pyrrole nitrogens is 2. The van der Waals surface area contributed by atoms with Crippen LogP contribution in [-0.4, -0.2) is 63.2 Å². The third-order valence-electron chi connectivity index (χ3n) is 4.78. The molecule has 1 amide bonds. The van der Waals surface area contributed by atoms with Crippen LogP contribution in [0.15, 0.2) is 34.4 Å². The molecule has 6 N–H and O–H groups in total. The summed E-state index contributed by atoms with van der Waals surface area (Å²) < 4.78 is 18.9. The lowest BCUT2D eigenvalue weighted by atomic mass is 10.1. The predicted molar refractivity (Wildman–Crippen MR) is 114 cm³/mol. The van der Waals surface area contributed by atoms with E-state index in [-0.39, 0.29) is 31.0 Å². The van der Waals surface area contributed by atoms with Crippen LogP contribution in [-0.2, 0) is 20.5 Å². The Bertz CT molecular complexity index is 1040. The van der Waals surface area contributed by atoms with E-state index < -0.39 is 45.1 Å². The molecule has 1 aliphatic rings. The molecule has 168 valence electrons. The number of hydrogen-bond donors (Lipinski definition) is 5. The SMILES string of the molecule is [3H]POCC1OC(n2cc(/C=C/CNC(=O)C(N)Cc3cnc[nH]3)c(=O)[nH]c2=O)CC1O. The summed E-state index contributed by atoms with van der Waals surface area (Å²) in [6.45, 7) is 0.159. The van der Waals surface area contributed by atoms with Gasteiger partial charge in [0.2, 0.25) is 5.91 Å². The van der Waals surface area contributed by atoms with E-state index in [0.717, 1.165) is 5.69 Å². The second-order valence-corrected chi connectivity index (χ2v) is 7.32. The molecule has 2 aromatic rings. The van der Waals surface area contributed by atoms with Crippen molar-refractivity contribution in [2.45, 2.75) is 37.3 Å². The summed E-state index contributed by atoms with van der Waals surface area (Å²) >= 11 is 0. The van der Waals surface area contributed by atoms with Crippen molar-refractivity contribution < 1.29 is 19.2 Å². The summed E-state index contributed by atoms with van der Waals surface area (Å²) in [5, 5.41) is 12.7.